The second-order valence-electron chi connectivity index (χ2n) is 14.4. The highest BCUT2D eigenvalue weighted by atomic mass is 15.3. The Morgan fingerprint density at radius 3 is 1.57 bits per heavy atom. The van der Waals surface area contributed by atoms with E-state index in [2.05, 4.69) is 221 Å². The normalized spacial score (nSPS) is 14.2. The van der Waals surface area contributed by atoms with Crippen molar-refractivity contribution < 1.29 is 0 Å². The van der Waals surface area contributed by atoms with Gasteiger partial charge in [0.25, 0.3) is 0 Å². The Labute approximate surface area is 324 Å². The lowest BCUT2D eigenvalue weighted by Crippen LogP contribution is -2.29. The van der Waals surface area contributed by atoms with E-state index in [1.807, 2.05) is 0 Å². The molecule has 8 aromatic carbocycles. The average Bonchev–Trinajstić information content (AvgIpc) is 3.79. The summed E-state index contributed by atoms with van der Waals surface area (Å²) in [4.78, 5) is 5.39. The third-order valence-corrected chi connectivity index (χ3v) is 11.2. The number of allylic oxidation sites excluding steroid dienone is 1. The lowest BCUT2D eigenvalue weighted by atomic mass is 9.97. The van der Waals surface area contributed by atoms with Gasteiger partial charge in [-0.25, -0.2) is 4.99 Å². The monoisotopic (exact) mass is 716 g/mol. The van der Waals surface area contributed by atoms with Gasteiger partial charge in [0.2, 0.25) is 6.29 Å². The molecule has 0 amide bonds. The van der Waals surface area contributed by atoms with Crippen LogP contribution in [0, 0.1) is 0 Å². The number of para-hydroxylation sites is 3. The molecule has 0 spiro atoms. The number of aliphatic imine (C=N–C) groups is 1. The smallest absolute Gasteiger partial charge is 0.201 e. The van der Waals surface area contributed by atoms with Gasteiger partial charge >= 0.3 is 0 Å². The van der Waals surface area contributed by atoms with Gasteiger partial charge in [-0.1, -0.05) is 158 Å². The largest absolute Gasteiger partial charge is 0.346 e. The predicted molar refractivity (Wildman–Crippen MR) is 234 cm³/mol. The molecule has 1 atom stereocenters. The van der Waals surface area contributed by atoms with E-state index >= 15 is 0 Å². The Balaban J connectivity index is 1.05. The second-order valence-corrected chi connectivity index (χ2v) is 14.4. The molecule has 0 bridgehead atoms. The van der Waals surface area contributed by atoms with Crippen molar-refractivity contribution in [2.75, 3.05) is 0 Å². The van der Waals surface area contributed by atoms with Crippen LogP contribution in [0.3, 0.4) is 0 Å². The Morgan fingerprint density at radius 1 is 0.375 bits per heavy atom. The predicted octanol–water partition coefficient (Wildman–Crippen LogP) is 12.8. The van der Waals surface area contributed by atoms with Crippen LogP contribution < -0.4 is 5.32 Å². The zero-order valence-corrected chi connectivity index (χ0v) is 30.5. The maximum absolute atomic E-state index is 5.39. The molecule has 3 heterocycles. The summed E-state index contributed by atoms with van der Waals surface area (Å²) in [5.74, 6) is 0. The van der Waals surface area contributed by atoms with E-state index in [0.29, 0.717) is 0 Å². The molecule has 4 nitrogen and oxygen atoms in total. The van der Waals surface area contributed by atoms with Crippen molar-refractivity contribution in [3.8, 4) is 27.9 Å². The third-order valence-electron chi connectivity index (χ3n) is 11.2. The quantitative estimate of drug-likeness (QED) is 0.183. The van der Waals surface area contributed by atoms with E-state index in [1.54, 1.807) is 0 Å². The Bertz CT molecular complexity index is 3150. The average molecular weight is 717 g/mol. The fourth-order valence-corrected chi connectivity index (χ4v) is 8.52. The number of benzene rings is 8. The third kappa shape index (κ3) is 5.34. The Kier molecular flexibility index (Phi) is 7.52. The second kappa shape index (κ2) is 13.2. The van der Waals surface area contributed by atoms with Crippen molar-refractivity contribution in [2.24, 2.45) is 4.99 Å². The van der Waals surface area contributed by atoms with E-state index in [0.717, 1.165) is 44.8 Å². The van der Waals surface area contributed by atoms with Crippen LogP contribution in [0.4, 0.5) is 0 Å². The van der Waals surface area contributed by atoms with Gasteiger partial charge < -0.3 is 14.5 Å². The molecule has 1 unspecified atom stereocenters. The number of hydrogen-bond acceptors (Lipinski definition) is 2. The highest BCUT2D eigenvalue weighted by molar-refractivity contribution is 6.14. The van der Waals surface area contributed by atoms with Gasteiger partial charge in [0.15, 0.2) is 0 Å². The number of rotatable bonds is 6. The minimum atomic E-state index is -0.363. The fourth-order valence-electron chi connectivity index (χ4n) is 8.52. The van der Waals surface area contributed by atoms with Gasteiger partial charge in [-0.15, -0.1) is 0 Å². The number of hydrogen-bond donors (Lipinski definition) is 1. The zero-order chi connectivity index (χ0) is 37.0. The van der Waals surface area contributed by atoms with Crippen molar-refractivity contribution in [3.05, 3.63) is 217 Å². The first-order valence-corrected chi connectivity index (χ1v) is 19.2. The van der Waals surface area contributed by atoms with Crippen LogP contribution in [0.5, 0.6) is 0 Å². The van der Waals surface area contributed by atoms with Crippen molar-refractivity contribution in [1.82, 2.24) is 14.5 Å². The van der Waals surface area contributed by atoms with E-state index in [9.17, 15) is 0 Å². The SMILES string of the molecule is C1=C(c2ccccc2)NC(n2c3ccccc3c3ccc(-c4cccc(-c5ccc6c7ccccc7n(-c7ccccc7)c6c5)c4)cc32)N=C1c1ccccc1. The van der Waals surface area contributed by atoms with Crippen LogP contribution in [-0.2, 0) is 0 Å². The topological polar surface area (TPSA) is 34.2 Å². The molecule has 2 aromatic heterocycles. The van der Waals surface area contributed by atoms with E-state index in [-0.39, 0.29) is 6.29 Å². The molecule has 264 valence electrons. The highest BCUT2D eigenvalue weighted by Gasteiger charge is 2.24. The summed E-state index contributed by atoms with van der Waals surface area (Å²) in [5, 5.41) is 8.74. The van der Waals surface area contributed by atoms with Crippen LogP contribution in [0.25, 0.3) is 77.2 Å². The summed E-state index contributed by atoms with van der Waals surface area (Å²) in [5.41, 5.74) is 14.7. The molecule has 56 heavy (non-hydrogen) atoms. The molecule has 4 heteroatoms. The van der Waals surface area contributed by atoms with Crippen molar-refractivity contribution in [2.45, 2.75) is 6.29 Å². The first-order valence-electron chi connectivity index (χ1n) is 19.2. The first kappa shape index (κ1) is 32.0. The van der Waals surface area contributed by atoms with Gasteiger partial charge in [-0.3, -0.25) is 0 Å². The Morgan fingerprint density at radius 2 is 0.875 bits per heavy atom. The first-order chi connectivity index (χ1) is 27.8. The molecular formula is C52H36N4. The summed E-state index contributed by atoms with van der Waals surface area (Å²) in [6, 6.07) is 71.7. The number of nitrogens with one attached hydrogen (secondary N) is 1. The van der Waals surface area contributed by atoms with Crippen LogP contribution in [0.1, 0.15) is 17.4 Å². The number of aromatic nitrogens is 2. The molecule has 1 aliphatic heterocycles. The lowest BCUT2D eigenvalue weighted by Gasteiger charge is -2.27. The Hall–Kier alpha value is -7.43. The van der Waals surface area contributed by atoms with E-state index in [1.165, 1.54) is 49.3 Å². The van der Waals surface area contributed by atoms with Gasteiger partial charge in [-0.05, 0) is 81.9 Å². The number of fused-ring (bicyclic) bond motifs is 6. The van der Waals surface area contributed by atoms with Crippen LogP contribution in [-0.4, -0.2) is 14.8 Å². The molecule has 0 saturated heterocycles. The summed E-state index contributed by atoms with van der Waals surface area (Å²) >= 11 is 0. The zero-order valence-electron chi connectivity index (χ0n) is 30.5. The molecule has 1 N–H and O–H groups in total. The molecule has 10 aromatic rings. The van der Waals surface area contributed by atoms with Gasteiger partial charge in [0, 0.05) is 32.9 Å². The maximum atomic E-state index is 5.39. The molecule has 0 saturated carbocycles. The standard InChI is InChI=1S/C52H36N4/c1-4-15-35(16-5-1)46-34-47(36-17-6-2-7-18-36)54-52(53-46)56-49-26-13-11-24-43(49)45-30-28-40(33-51(45)56)38-20-14-19-37(31-38)39-27-29-44-42-23-10-12-25-48(42)55(50(44)32-39)41-21-8-3-9-22-41/h1-34,52-53H. The summed E-state index contributed by atoms with van der Waals surface area (Å²) in [6.45, 7) is 0. The van der Waals surface area contributed by atoms with Crippen molar-refractivity contribution >= 4 is 55.0 Å². The minimum absolute atomic E-state index is 0.363. The minimum Gasteiger partial charge on any atom is -0.346 e. The van der Waals surface area contributed by atoms with Crippen LogP contribution in [0.15, 0.2) is 211 Å². The summed E-state index contributed by atoms with van der Waals surface area (Å²) in [6.07, 6.45) is 1.81. The summed E-state index contributed by atoms with van der Waals surface area (Å²) in [7, 11) is 0. The molecular weight excluding hydrogens is 681 g/mol. The molecule has 11 rings (SSSR count). The van der Waals surface area contributed by atoms with Crippen LogP contribution in [0.2, 0.25) is 0 Å². The molecule has 0 aliphatic carbocycles. The van der Waals surface area contributed by atoms with Crippen molar-refractivity contribution in [3.63, 3.8) is 0 Å². The molecule has 1 aliphatic rings. The highest BCUT2D eigenvalue weighted by Crippen LogP contribution is 2.39. The molecule has 0 fully saturated rings. The van der Waals surface area contributed by atoms with Crippen LogP contribution >= 0.6 is 0 Å². The summed E-state index contributed by atoms with van der Waals surface area (Å²) < 4.78 is 4.75. The van der Waals surface area contributed by atoms with E-state index in [4.69, 9.17) is 4.99 Å². The lowest BCUT2D eigenvalue weighted by molar-refractivity contribution is 0.508. The maximum Gasteiger partial charge on any atom is 0.201 e. The fraction of sp³-hybridized carbons (Fsp3) is 0.0192. The van der Waals surface area contributed by atoms with E-state index < -0.39 is 0 Å². The van der Waals surface area contributed by atoms with Gasteiger partial charge in [0.1, 0.15) is 0 Å². The van der Waals surface area contributed by atoms with Gasteiger partial charge in [0.05, 0.1) is 27.8 Å². The van der Waals surface area contributed by atoms with Gasteiger partial charge in [-0.2, -0.15) is 0 Å². The molecule has 0 radical (unpaired) electrons. The number of nitrogens with zero attached hydrogens (tertiary/aromatic N) is 3. The van der Waals surface area contributed by atoms with Crippen molar-refractivity contribution in [1.29, 1.82) is 0 Å².